The molecule has 1 N–H and O–H groups in total. The number of anilines is 1. The summed E-state index contributed by atoms with van der Waals surface area (Å²) in [6, 6.07) is 9.13. The minimum Gasteiger partial charge on any atom is -0.382 e. The van der Waals surface area contributed by atoms with Crippen LogP contribution in [-0.4, -0.2) is 13.2 Å². The number of unbranched alkanes of at least 4 members (excludes halogenated alkanes) is 4. The van der Waals surface area contributed by atoms with E-state index in [0.717, 1.165) is 0 Å². The lowest BCUT2D eigenvalue weighted by Gasteiger charge is -2.22. The minimum atomic E-state index is 0.598. The van der Waals surface area contributed by atoms with E-state index in [0.29, 0.717) is 12.6 Å². The fraction of sp³-hybridized carbons (Fsp3) is 0.684. The summed E-state index contributed by atoms with van der Waals surface area (Å²) in [4.78, 5) is 0. The largest absolute Gasteiger partial charge is 0.382 e. The monoisotopic (exact) mass is 291 g/mol. The van der Waals surface area contributed by atoms with E-state index in [1.807, 2.05) is 0 Å². The first-order chi connectivity index (χ1) is 10.3. The van der Waals surface area contributed by atoms with Crippen LogP contribution in [-0.2, 0) is 11.3 Å². The predicted molar refractivity (Wildman–Crippen MR) is 92.8 cm³/mol. The number of methoxy groups -OCH3 is 1. The Balaban J connectivity index is 2.60. The van der Waals surface area contributed by atoms with Crippen LogP contribution < -0.4 is 5.32 Å². The molecule has 120 valence electrons. The van der Waals surface area contributed by atoms with Crippen LogP contribution in [0.1, 0.15) is 70.8 Å². The van der Waals surface area contributed by atoms with Crippen molar-refractivity contribution >= 4 is 5.69 Å². The molecule has 1 aromatic rings. The number of ether oxygens (including phenoxy) is 1. The zero-order valence-electron chi connectivity index (χ0n) is 14.2. The highest BCUT2D eigenvalue weighted by molar-refractivity contribution is 5.51. The Labute approximate surface area is 131 Å². The molecule has 1 aromatic carbocycles. The first kappa shape index (κ1) is 18.0. The van der Waals surface area contributed by atoms with Gasteiger partial charge >= 0.3 is 0 Å². The van der Waals surface area contributed by atoms with E-state index in [9.17, 15) is 0 Å². The second kappa shape index (κ2) is 11.6. The Bertz CT molecular complexity index is 354. The molecule has 2 heteroatoms. The first-order valence-corrected chi connectivity index (χ1v) is 8.65. The summed E-state index contributed by atoms with van der Waals surface area (Å²) >= 11 is 0. The van der Waals surface area contributed by atoms with Gasteiger partial charge in [0.05, 0.1) is 6.61 Å². The van der Waals surface area contributed by atoms with Gasteiger partial charge in [0, 0.05) is 24.4 Å². The lowest BCUT2D eigenvalue weighted by atomic mass is 10.0. The van der Waals surface area contributed by atoms with Gasteiger partial charge in [-0.25, -0.2) is 0 Å². The van der Waals surface area contributed by atoms with Gasteiger partial charge < -0.3 is 10.1 Å². The Hall–Kier alpha value is -1.02. The highest BCUT2D eigenvalue weighted by Gasteiger charge is 2.10. The third-order valence-corrected chi connectivity index (χ3v) is 3.99. The van der Waals surface area contributed by atoms with Crippen molar-refractivity contribution < 1.29 is 4.74 Å². The summed E-state index contributed by atoms with van der Waals surface area (Å²) < 4.78 is 5.31. The zero-order chi connectivity index (χ0) is 15.3. The molecule has 0 bridgehead atoms. The molecule has 0 aliphatic rings. The lowest BCUT2D eigenvalue weighted by Crippen LogP contribution is -2.20. The van der Waals surface area contributed by atoms with Crippen LogP contribution in [0.25, 0.3) is 0 Å². The number of hydrogen-bond acceptors (Lipinski definition) is 2. The Morgan fingerprint density at radius 1 is 0.952 bits per heavy atom. The second-order valence-electron chi connectivity index (χ2n) is 5.92. The Morgan fingerprint density at radius 2 is 1.57 bits per heavy atom. The third-order valence-electron chi connectivity index (χ3n) is 3.99. The molecule has 0 heterocycles. The van der Waals surface area contributed by atoms with Gasteiger partial charge in [-0.2, -0.15) is 0 Å². The molecular formula is C19H33NO. The SMILES string of the molecule is CCCCCC(CCCCC)Nc1ccccc1COC. The molecule has 0 spiro atoms. The molecule has 1 rings (SSSR count). The standard InChI is InChI=1S/C19H33NO/c1-4-6-8-13-18(14-9-7-5-2)20-19-15-11-10-12-17(19)16-21-3/h10-12,15,18,20H,4-9,13-14,16H2,1-3H3. The lowest BCUT2D eigenvalue weighted by molar-refractivity contribution is 0.185. The van der Waals surface area contributed by atoms with Crippen LogP contribution in [0.3, 0.4) is 0 Å². The van der Waals surface area contributed by atoms with Gasteiger partial charge in [-0.3, -0.25) is 0 Å². The van der Waals surface area contributed by atoms with E-state index in [-0.39, 0.29) is 0 Å². The molecule has 0 aliphatic heterocycles. The maximum atomic E-state index is 5.31. The second-order valence-corrected chi connectivity index (χ2v) is 5.92. The predicted octanol–water partition coefficient (Wildman–Crippen LogP) is 5.77. The van der Waals surface area contributed by atoms with Crippen molar-refractivity contribution in [1.29, 1.82) is 0 Å². The van der Waals surface area contributed by atoms with Gasteiger partial charge in [-0.1, -0.05) is 70.6 Å². The van der Waals surface area contributed by atoms with Crippen LogP contribution in [0.15, 0.2) is 24.3 Å². The molecule has 0 fully saturated rings. The summed E-state index contributed by atoms with van der Waals surface area (Å²) in [5.74, 6) is 0. The summed E-state index contributed by atoms with van der Waals surface area (Å²) in [5.41, 5.74) is 2.51. The summed E-state index contributed by atoms with van der Waals surface area (Å²) in [6.45, 7) is 5.22. The average molecular weight is 291 g/mol. The van der Waals surface area contributed by atoms with Gasteiger partial charge in [0.15, 0.2) is 0 Å². The molecular weight excluding hydrogens is 258 g/mol. The normalized spacial score (nSPS) is 11.0. The van der Waals surface area contributed by atoms with Crippen molar-refractivity contribution in [3.05, 3.63) is 29.8 Å². The van der Waals surface area contributed by atoms with Gasteiger partial charge in [0.25, 0.3) is 0 Å². The summed E-state index contributed by atoms with van der Waals surface area (Å²) in [7, 11) is 1.76. The molecule has 0 atom stereocenters. The fourth-order valence-corrected chi connectivity index (χ4v) is 2.73. The molecule has 0 amide bonds. The Morgan fingerprint density at radius 3 is 2.14 bits per heavy atom. The van der Waals surface area contributed by atoms with Gasteiger partial charge in [-0.05, 0) is 18.9 Å². The van der Waals surface area contributed by atoms with E-state index < -0.39 is 0 Å². The number of benzene rings is 1. The fourth-order valence-electron chi connectivity index (χ4n) is 2.73. The molecule has 21 heavy (non-hydrogen) atoms. The summed E-state index contributed by atoms with van der Waals surface area (Å²) in [6.07, 6.45) is 10.5. The van der Waals surface area contributed by atoms with Crippen molar-refractivity contribution in [1.82, 2.24) is 0 Å². The zero-order valence-corrected chi connectivity index (χ0v) is 14.2. The van der Waals surface area contributed by atoms with Gasteiger partial charge in [0.2, 0.25) is 0 Å². The van der Waals surface area contributed by atoms with E-state index in [2.05, 4.69) is 43.4 Å². The van der Waals surface area contributed by atoms with Crippen molar-refractivity contribution in [2.75, 3.05) is 12.4 Å². The van der Waals surface area contributed by atoms with Crippen LogP contribution in [0, 0.1) is 0 Å². The topological polar surface area (TPSA) is 21.3 Å². The van der Waals surface area contributed by atoms with E-state index in [4.69, 9.17) is 4.74 Å². The molecule has 0 aliphatic carbocycles. The first-order valence-electron chi connectivity index (χ1n) is 8.65. The van der Waals surface area contributed by atoms with Crippen molar-refractivity contribution in [2.24, 2.45) is 0 Å². The third kappa shape index (κ3) is 7.52. The number of para-hydroxylation sites is 1. The van der Waals surface area contributed by atoms with E-state index in [1.54, 1.807) is 7.11 Å². The highest BCUT2D eigenvalue weighted by Crippen LogP contribution is 2.21. The van der Waals surface area contributed by atoms with Crippen molar-refractivity contribution in [2.45, 2.75) is 77.9 Å². The maximum absolute atomic E-state index is 5.31. The molecule has 2 nitrogen and oxygen atoms in total. The van der Waals surface area contributed by atoms with E-state index in [1.165, 1.54) is 62.6 Å². The van der Waals surface area contributed by atoms with Crippen LogP contribution >= 0.6 is 0 Å². The van der Waals surface area contributed by atoms with Crippen LogP contribution in [0.4, 0.5) is 5.69 Å². The Kier molecular flexibility index (Phi) is 9.98. The molecule has 0 saturated heterocycles. The highest BCUT2D eigenvalue weighted by atomic mass is 16.5. The molecule has 0 radical (unpaired) electrons. The molecule has 0 aromatic heterocycles. The molecule has 0 unspecified atom stereocenters. The average Bonchev–Trinajstić information content (AvgIpc) is 2.49. The van der Waals surface area contributed by atoms with Crippen molar-refractivity contribution in [3.8, 4) is 0 Å². The van der Waals surface area contributed by atoms with Gasteiger partial charge in [0.1, 0.15) is 0 Å². The van der Waals surface area contributed by atoms with Crippen LogP contribution in [0.5, 0.6) is 0 Å². The number of nitrogens with one attached hydrogen (secondary N) is 1. The smallest absolute Gasteiger partial charge is 0.0733 e. The summed E-state index contributed by atoms with van der Waals surface area (Å²) in [5, 5.41) is 3.77. The molecule has 0 saturated carbocycles. The van der Waals surface area contributed by atoms with Gasteiger partial charge in [-0.15, -0.1) is 0 Å². The quantitative estimate of drug-likeness (QED) is 0.493. The van der Waals surface area contributed by atoms with E-state index >= 15 is 0 Å². The minimum absolute atomic E-state index is 0.598. The maximum Gasteiger partial charge on any atom is 0.0733 e. The van der Waals surface area contributed by atoms with Crippen LogP contribution in [0.2, 0.25) is 0 Å². The number of rotatable bonds is 12. The number of hydrogen-bond donors (Lipinski definition) is 1. The van der Waals surface area contributed by atoms with Crippen molar-refractivity contribution in [3.63, 3.8) is 0 Å².